The molecule has 1 fully saturated rings. The summed E-state index contributed by atoms with van der Waals surface area (Å²) in [5.74, 6) is 0.293. The zero-order chi connectivity index (χ0) is 15.4. The summed E-state index contributed by atoms with van der Waals surface area (Å²) >= 11 is 0. The Labute approximate surface area is 128 Å². The van der Waals surface area contributed by atoms with Gasteiger partial charge in [-0.15, -0.1) is 0 Å². The van der Waals surface area contributed by atoms with Crippen molar-refractivity contribution < 1.29 is 4.79 Å². The summed E-state index contributed by atoms with van der Waals surface area (Å²) in [6.45, 7) is 1.13. The van der Waals surface area contributed by atoms with Gasteiger partial charge < -0.3 is 10.2 Å². The van der Waals surface area contributed by atoms with Crippen molar-refractivity contribution in [1.29, 1.82) is 5.26 Å². The van der Waals surface area contributed by atoms with Crippen molar-refractivity contribution in [3.8, 4) is 17.3 Å². The number of hydrogen-bond acceptors (Lipinski definition) is 5. The van der Waals surface area contributed by atoms with E-state index in [4.69, 9.17) is 5.26 Å². The topological polar surface area (TPSA) is 81.9 Å². The number of nitriles is 1. The smallest absolute Gasteiger partial charge is 0.230 e. The average molecular weight is 293 g/mol. The monoisotopic (exact) mass is 293 g/mol. The molecule has 0 radical (unpaired) electrons. The Morgan fingerprint density at radius 1 is 1.27 bits per heavy atom. The lowest BCUT2D eigenvalue weighted by atomic mass is 10.1. The first-order valence-corrected chi connectivity index (χ1v) is 7.08. The molecule has 3 heterocycles. The van der Waals surface area contributed by atoms with Gasteiger partial charge in [-0.05, 0) is 36.2 Å². The van der Waals surface area contributed by atoms with Crippen LogP contribution in [0.2, 0.25) is 0 Å². The molecule has 0 aliphatic carbocycles. The third kappa shape index (κ3) is 3.04. The van der Waals surface area contributed by atoms with Crippen LogP contribution in [0.4, 0.5) is 5.82 Å². The molecule has 1 atom stereocenters. The van der Waals surface area contributed by atoms with Gasteiger partial charge in [-0.25, -0.2) is 4.98 Å². The van der Waals surface area contributed by atoms with Crippen LogP contribution in [0.1, 0.15) is 6.42 Å². The van der Waals surface area contributed by atoms with E-state index in [2.05, 4.69) is 21.5 Å². The number of nitrogens with one attached hydrogen (secondary N) is 1. The lowest BCUT2D eigenvalue weighted by molar-refractivity contribution is -0.119. The fraction of sp³-hybridized carbons (Fsp3) is 0.250. The average Bonchev–Trinajstić information content (AvgIpc) is 3.06. The quantitative estimate of drug-likeness (QED) is 0.874. The van der Waals surface area contributed by atoms with Crippen LogP contribution >= 0.6 is 0 Å². The van der Waals surface area contributed by atoms with Gasteiger partial charge in [0.05, 0.1) is 5.92 Å². The van der Waals surface area contributed by atoms with E-state index in [1.165, 1.54) is 0 Å². The van der Waals surface area contributed by atoms with Gasteiger partial charge in [0.15, 0.2) is 6.19 Å². The molecule has 22 heavy (non-hydrogen) atoms. The van der Waals surface area contributed by atoms with Crippen LogP contribution in [0.5, 0.6) is 0 Å². The van der Waals surface area contributed by atoms with E-state index in [9.17, 15) is 4.79 Å². The summed E-state index contributed by atoms with van der Waals surface area (Å²) in [5, 5.41) is 11.6. The van der Waals surface area contributed by atoms with Gasteiger partial charge in [0, 0.05) is 37.2 Å². The van der Waals surface area contributed by atoms with Crippen molar-refractivity contribution in [3.05, 3.63) is 42.9 Å². The number of carbonyl (C=O) groups is 1. The minimum absolute atomic E-state index is 0.0816. The van der Waals surface area contributed by atoms with Crippen LogP contribution in [-0.4, -0.2) is 33.9 Å². The number of pyridine rings is 2. The fourth-order valence-electron chi connectivity index (χ4n) is 2.48. The van der Waals surface area contributed by atoms with Crippen LogP contribution in [-0.2, 0) is 4.79 Å². The van der Waals surface area contributed by atoms with Crippen molar-refractivity contribution in [3.63, 3.8) is 0 Å². The molecule has 0 saturated carbocycles. The lowest BCUT2D eigenvalue weighted by Crippen LogP contribution is -2.25. The molecule has 110 valence electrons. The Balaban J connectivity index is 1.64. The summed E-state index contributed by atoms with van der Waals surface area (Å²) in [5.41, 5.74) is 2.00. The fourth-order valence-corrected chi connectivity index (χ4v) is 2.48. The Bertz CT molecular complexity index is 693. The number of anilines is 1. The summed E-state index contributed by atoms with van der Waals surface area (Å²) in [7, 11) is 0. The molecular formula is C16H15N5O. The zero-order valence-corrected chi connectivity index (χ0v) is 11.9. The van der Waals surface area contributed by atoms with Crippen LogP contribution in [0, 0.1) is 17.4 Å². The minimum atomic E-state index is -0.152. The number of amides is 1. The molecule has 2 aromatic rings. The van der Waals surface area contributed by atoms with E-state index in [0.717, 1.165) is 11.1 Å². The Morgan fingerprint density at radius 2 is 2.09 bits per heavy atom. The van der Waals surface area contributed by atoms with Crippen LogP contribution < -0.4 is 5.32 Å². The molecule has 1 N–H and O–H groups in total. The maximum Gasteiger partial charge on any atom is 0.230 e. The number of hydrogen-bond donors (Lipinski definition) is 1. The van der Waals surface area contributed by atoms with Crippen molar-refractivity contribution in [2.24, 2.45) is 5.92 Å². The second-order valence-electron chi connectivity index (χ2n) is 5.19. The highest BCUT2D eigenvalue weighted by Gasteiger charge is 2.27. The molecule has 1 aliphatic rings. The summed E-state index contributed by atoms with van der Waals surface area (Å²) < 4.78 is 0. The van der Waals surface area contributed by atoms with Gasteiger partial charge in [-0.2, -0.15) is 5.26 Å². The molecule has 6 nitrogen and oxygen atoms in total. The van der Waals surface area contributed by atoms with Crippen LogP contribution in [0.3, 0.4) is 0 Å². The second kappa shape index (κ2) is 6.22. The molecule has 0 bridgehead atoms. The first-order chi connectivity index (χ1) is 10.8. The third-order valence-electron chi connectivity index (χ3n) is 3.73. The largest absolute Gasteiger partial charge is 0.310 e. The van der Waals surface area contributed by atoms with Crippen LogP contribution in [0.25, 0.3) is 11.1 Å². The third-order valence-corrected chi connectivity index (χ3v) is 3.73. The maximum absolute atomic E-state index is 12.1. The highest BCUT2D eigenvalue weighted by atomic mass is 16.2. The van der Waals surface area contributed by atoms with E-state index in [0.29, 0.717) is 25.3 Å². The van der Waals surface area contributed by atoms with E-state index in [1.54, 1.807) is 29.6 Å². The predicted molar refractivity (Wildman–Crippen MR) is 81.4 cm³/mol. The SMILES string of the molecule is N#CN1CCC(C(=O)Nc2ccc(-c3ccncc3)cn2)C1. The molecule has 1 saturated heterocycles. The standard InChI is InChI=1S/C16H15N5O/c17-11-21-8-5-14(10-21)16(22)20-15-2-1-13(9-19-15)12-3-6-18-7-4-12/h1-4,6-7,9,14H,5,8,10H2,(H,19,20,22). The van der Waals surface area contributed by atoms with Crippen LogP contribution in [0.15, 0.2) is 42.9 Å². The molecule has 3 rings (SSSR count). The predicted octanol–water partition coefficient (Wildman–Crippen LogP) is 1.89. The van der Waals surface area contributed by atoms with Crippen molar-refractivity contribution in [2.45, 2.75) is 6.42 Å². The maximum atomic E-state index is 12.1. The highest BCUT2D eigenvalue weighted by molar-refractivity contribution is 5.92. The van der Waals surface area contributed by atoms with E-state index < -0.39 is 0 Å². The van der Waals surface area contributed by atoms with Crippen molar-refractivity contribution in [1.82, 2.24) is 14.9 Å². The number of likely N-dealkylation sites (tertiary alicyclic amines) is 1. The van der Waals surface area contributed by atoms with E-state index in [-0.39, 0.29) is 11.8 Å². The van der Waals surface area contributed by atoms with Gasteiger partial charge in [0.2, 0.25) is 5.91 Å². The van der Waals surface area contributed by atoms with Gasteiger partial charge in [0.25, 0.3) is 0 Å². The lowest BCUT2D eigenvalue weighted by Gasteiger charge is -2.10. The van der Waals surface area contributed by atoms with E-state index in [1.807, 2.05) is 18.2 Å². The Hall–Kier alpha value is -2.94. The molecule has 1 unspecified atom stereocenters. The summed E-state index contributed by atoms with van der Waals surface area (Å²) in [6.07, 6.45) is 7.95. The van der Waals surface area contributed by atoms with E-state index >= 15 is 0 Å². The minimum Gasteiger partial charge on any atom is -0.310 e. The zero-order valence-electron chi connectivity index (χ0n) is 11.9. The Kier molecular flexibility index (Phi) is 3.97. The van der Waals surface area contributed by atoms with Gasteiger partial charge in [-0.3, -0.25) is 9.78 Å². The molecular weight excluding hydrogens is 278 g/mol. The van der Waals surface area contributed by atoms with Crippen molar-refractivity contribution in [2.75, 3.05) is 18.4 Å². The molecule has 6 heteroatoms. The number of carbonyl (C=O) groups excluding carboxylic acids is 1. The molecule has 0 aromatic carbocycles. The number of nitrogens with zero attached hydrogens (tertiary/aromatic N) is 4. The molecule has 1 amide bonds. The number of aromatic nitrogens is 2. The number of rotatable bonds is 3. The molecule has 2 aromatic heterocycles. The van der Waals surface area contributed by atoms with Gasteiger partial charge >= 0.3 is 0 Å². The summed E-state index contributed by atoms with van der Waals surface area (Å²) in [6, 6.07) is 7.51. The van der Waals surface area contributed by atoms with Gasteiger partial charge in [-0.1, -0.05) is 0 Å². The normalized spacial score (nSPS) is 17.0. The second-order valence-corrected chi connectivity index (χ2v) is 5.19. The Morgan fingerprint density at radius 3 is 2.73 bits per heavy atom. The first kappa shape index (κ1) is 14.0. The van der Waals surface area contributed by atoms with Crippen molar-refractivity contribution >= 4 is 11.7 Å². The first-order valence-electron chi connectivity index (χ1n) is 7.08. The highest BCUT2D eigenvalue weighted by Crippen LogP contribution is 2.20. The molecule has 0 spiro atoms. The van der Waals surface area contributed by atoms with Gasteiger partial charge in [0.1, 0.15) is 5.82 Å². The summed E-state index contributed by atoms with van der Waals surface area (Å²) in [4.78, 5) is 22.0. The molecule has 1 aliphatic heterocycles.